The van der Waals surface area contributed by atoms with Gasteiger partial charge in [-0.05, 0) is 29.6 Å². The third-order valence-corrected chi connectivity index (χ3v) is 4.51. The van der Waals surface area contributed by atoms with Crippen molar-refractivity contribution in [2.45, 2.75) is 6.54 Å². The first kappa shape index (κ1) is 14.8. The van der Waals surface area contributed by atoms with E-state index < -0.39 is 0 Å². The third-order valence-electron chi connectivity index (χ3n) is 3.40. The van der Waals surface area contributed by atoms with Crippen LogP contribution < -0.4 is 10.7 Å². The van der Waals surface area contributed by atoms with Gasteiger partial charge in [-0.2, -0.15) is 0 Å². The van der Waals surface area contributed by atoms with E-state index >= 15 is 0 Å². The molecule has 3 aromatic rings. The fourth-order valence-electron chi connectivity index (χ4n) is 2.30. The van der Waals surface area contributed by atoms with E-state index in [9.17, 15) is 9.59 Å². The molecular weight excluding hydrogens is 320 g/mol. The number of aryl methyl sites for hydroxylation is 1. The van der Waals surface area contributed by atoms with Crippen molar-refractivity contribution in [3.8, 4) is 0 Å². The van der Waals surface area contributed by atoms with Crippen molar-refractivity contribution < 1.29 is 4.79 Å². The second-order valence-electron chi connectivity index (χ2n) is 4.91. The average molecular weight is 333 g/mol. The van der Waals surface area contributed by atoms with Crippen LogP contribution in [0.5, 0.6) is 0 Å². The number of halogens is 1. The first-order valence-electron chi connectivity index (χ1n) is 6.66. The van der Waals surface area contributed by atoms with Gasteiger partial charge in [0.1, 0.15) is 5.56 Å². The van der Waals surface area contributed by atoms with Crippen LogP contribution in [0.4, 0.5) is 0 Å². The predicted molar refractivity (Wildman–Crippen MR) is 89.7 cm³/mol. The van der Waals surface area contributed by atoms with Gasteiger partial charge >= 0.3 is 0 Å². The minimum atomic E-state index is -0.379. The van der Waals surface area contributed by atoms with E-state index in [4.69, 9.17) is 11.6 Å². The van der Waals surface area contributed by atoms with Crippen LogP contribution in [0, 0.1) is 0 Å². The van der Waals surface area contributed by atoms with Crippen molar-refractivity contribution in [3.63, 3.8) is 0 Å². The minimum absolute atomic E-state index is 0.119. The van der Waals surface area contributed by atoms with Crippen LogP contribution in [0.15, 0.2) is 46.7 Å². The molecule has 6 heteroatoms. The zero-order chi connectivity index (χ0) is 15.7. The summed E-state index contributed by atoms with van der Waals surface area (Å²) < 4.78 is 1.76. The van der Waals surface area contributed by atoms with Crippen LogP contribution in [-0.4, -0.2) is 10.5 Å². The molecule has 0 aliphatic carbocycles. The SMILES string of the molecule is Cn1cc(C(=O)NCc2cccs2)c(=O)c2cc(Cl)ccc21. The van der Waals surface area contributed by atoms with Gasteiger partial charge in [0, 0.05) is 28.5 Å². The minimum Gasteiger partial charge on any atom is -0.350 e. The molecule has 1 aromatic carbocycles. The van der Waals surface area contributed by atoms with Crippen molar-refractivity contribution in [3.05, 3.63) is 67.6 Å². The van der Waals surface area contributed by atoms with Gasteiger partial charge in [0.15, 0.2) is 0 Å². The summed E-state index contributed by atoms with van der Waals surface area (Å²) in [6.45, 7) is 0.410. The maximum absolute atomic E-state index is 12.5. The molecule has 0 bridgehead atoms. The van der Waals surface area contributed by atoms with Gasteiger partial charge in [-0.15, -0.1) is 11.3 Å². The number of hydrogen-bond donors (Lipinski definition) is 1. The highest BCUT2D eigenvalue weighted by Gasteiger charge is 2.14. The number of amides is 1. The summed E-state index contributed by atoms with van der Waals surface area (Å²) in [7, 11) is 1.80. The Bertz CT molecular complexity index is 900. The van der Waals surface area contributed by atoms with E-state index in [-0.39, 0.29) is 16.9 Å². The number of thiophene rings is 1. The van der Waals surface area contributed by atoms with Gasteiger partial charge < -0.3 is 9.88 Å². The van der Waals surface area contributed by atoms with Crippen molar-refractivity contribution in [2.75, 3.05) is 0 Å². The molecule has 0 saturated carbocycles. The fraction of sp³-hybridized carbons (Fsp3) is 0.125. The third kappa shape index (κ3) is 2.77. The Labute approximate surface area is 136 Å². The molecule has 3 rings (SSSR count). The summed E-state index contributed by atoms with van der Waals surface area (Å²) in [5, 5.41) is 5.63. The molecule has 4 nitrogen and oxygen atoms in total. The van der Waals surface area contributed by atoms with Crippen molar-refractivity contribution in [2.24, 2.45) is 7.05 Å². The maximum Gasteiger partial charge on any atom is 0.257 e. The number of rotatable bonds is 3. The molecule has 0 saturated heterocycles. The monoisotopic (exact) mass is 332 g/mol. The van der Waals surface area contributed by atoms with E-state index in [1.54, 1.807) is 47.3 Å². The Hall–Kier alpha value is -2.11. The number of carbonyl (C=O) groups is 1. The zero-order valence-corrected chi connectivity index (χ0v) is 13.4. The standard InChI is InChI=1S/C16H13ClN2O2S/c1-19-9-13(16(21)18-8-11-3-2-6-22-11)15(20)12-7-10(17)4-5-14(12)19/h2-7,9H,8H2,1H3,(H,18,21). The second kappa shape index (κ2) is 5.94. The van der Waals surface area contributed by atoms with E-state index in [1.165, 1.54) is 0 Å². The summed E-state index contributed by atoms with van der Waals surface area (Å²) in [4.78, 5) is 25.8. The lowest BCUT2D eigenvalue weighted by Gasteiger charge is -2.09. The molecule has 2 aromatic heterocycles. The molecule has 22 heavy (non-hydrogen) atoms. The Balaban J connectivity index is 1.98. The molecule has 1 amide bonds. The summed E-state index contributed by atoms with van der Waals surface area (Å²) in [5.41, 5.74) is 0.553. The van der Waals surface area contributed by atoms with Crippen molar-refractivity contribution in [1.82, 2.24) is 9.88 Å². The van der Waals surface area contributed by atoms with Crippen LogP contribution in [-0.2, 0) is 13.6 Å². The molecule has 0 radical (unpaired) electrons. The molecule has 0 fully saturated rings. The molecule has 0 unspecified atom stereocenters. The molecular formula is C16H13ClN2O2S. The highest BCUT2D eigenvalue weighted by Crippen LogP contribution is 2.17. The maximum atomic E-state index is 12.5. The quantitative estimate of drug-likeness (QED) is 0.801. The Morgan fingerprint density at radius 1 is 1.36 bits per heavy atom. The lowest BCUT2D eigenvalue weighted by molar-refractivity contribution is 0.0949. The topological polar surface area (TPSA) is 51.1 Å². The number of pyridine rings is 1. The average Bonchev–Trinajstić information content (AvgIpc) is 3.01. The Morgan fingerprint density at radius 3 is 2.91 bits per heavy atom. The molecule has 1 N–H and O–H groups in total. The summed E-state index contributed by atoms with van der Waals surface area (Å²) in [5.74, 6) is -0.379. The lowest BCUT2D eigenvalue weighted by Crippen LogP contribution is -2.29. The highest BCUT2D eigenvalue weighted by molar-refractivity contribution is 7.09. The summed E-state index contributed by atoms with van der Waals surface area (Å²) in [6.07, 6.45) is 1.56. The molecule has 2 heterocycles. The van der Waals surface area contributed by atoms with E-state index in [0.29, 0.717) is 17.0 Å². The van der Waals surface area contributed by atoms with E-state index in [0.717, 1.165) is 10.4 Å². The van der Waals surface area contributed by atoms with Gasteiger partial charge in [0.25, 0.3) is 5.91 Å². The lowest BCUT2D eigenvalue weighted by atomic mass is 10.1. The normalized spacial score (nSPS) is 10.8. The largest absolute Gasteiger partial charge is 0.350 e. The van der Waals surface area contributed by atoms with Crippen molar-refractivity contribution >= 4 is 39.7 Å². The summed E-state index contributed by atoms with van der Waals surface area (Å²) in [6, 6.07) is 8.94. The number of aromatic nitrogens is 1. The number of benzene rings is 1. The van der Waals surface area contributed by atoms with Crippen LogP contribution in [0.2, 0.25) is 5.02 Å². The zero-order valence-electron chi connectivity index (χ0n) is 11.8. The van der Waals surface area contributed by atoms with Gasteiger partial charge in [-0.1, -0.05) is 17.7 Å². The molecule has 0 spiro atoms. The molecule has 0 atom stereocenters. The number of fused-ring (bicyclic) bond motifs is 1. The van der Waals surface area contributed by atoms with Crippen molar-refractivity contribution in [1.29, 1.82) is 0 Å². The number of nitrogens with one attached hydrogen (secondary N) is 1. The van der Waals surface area contributed by atoms with E-state index in [1.807, 2.05) is 17.5 Å². The van der Waals surface area contributed by atoms with Gasteiger partial charge in [0.05, 0.1) is 12.1 Å². The van der Waals surface area contributed by atoms with Gasteiger partial charge in [0.2, 0.25) is 5.43 Å². The van der Waals surface area contributed by atoms with Crippen LogP contribution in [0.3, 0.4) is 0 Å². The van der Waals surface area contributed by atoms with Crippen LogP contribution in [0.25, 0.3) is 10.9 Å². The van der Waals surface area contributed by atoms with Crippen LogP contribution >= 0.6 is 22.9 Å². The summed E-state index contributed by atoms with van der Waals surface area (Å²) >= 11 is 7.51. The Morgan fingerprint density at radius 2 is 2.18 bits per heavy atom. The number of hydrogen-bond acceptors (Lipinski definition) is 3. The highest BCUT2D eigenvalue weighted by atomic mass is 35.5. The van der Waals surface area contributed by atoms with E-state index in [2.05, 4.69) is 5.32 Å². The number of carbonyl (C=O) groups excluding carboxylic acids is 1. The second-order valence-corrected chi connectivity index (χ2v) is 6.37. The first-order valence-corrected chi connectivity index (χ1v) is 7.91. The Kier molecular flexibility index (Phi) is 4.00. The fourth-order valence-corrected chi connectivity index (χ4v) is 3.12. The predicted octanol–water partition coefficient (Wildman–Crippen LogP) is 3.18. The molecule has 0 aliphatic rings. The number of nitrogens with zero attached hydrogens (tertiary/aromatic N) is 1. The first-order chi connectivity index (χ1) is 10.6. The molecule has 0 aliphatic heterocycles. The molecule has 112 valence electrons. The smallest absolute Gasteiger partial charge is 0.257 e. The van der Waals surface area contributed by atoms with Gasteiger partial charge in [-0.25, -0.2) is 0 Å². The van der Waals surface area contributed by atoms with Gasteiger partial charge in [-0.3, -0.25) is 9.59 Å². The van der Waals surface area contributed by atoms with Crippen LogP contribution in [0.1, 0.15) is 15.2 Å².